The fraction of sp³-hybridized carbons (Fsp3) is 0.286. The molecule has 0 fully saturated rings. The molecular formula is C21H20F3N5O. The van der Waals surface area contributed by atoms with Crippen molar-refractivity contribution in [3.63, 3.8) is 0 Å². The number of rotatable bonds is 6. The molecule has 0 saturated carbocycles. The molecule has 0 spiro atoms. The highest BCUT2D eigenvalue weighted by Gasteiger charge is 2.26. The molecule has 156 valence electrons. The number of amides is 1. The number of terminal acetylenes is 1. The SMILES string of the molecule is C#Cc1cn2c(-c3ccc(C(=O)NCC)c(C)c3)cnc2c(NCCC(F)(F)F)n1. The maximum absolute atomic E-state index is 12.5. The Hall–Kier alpha value is -3.54. The van der Waals surface area contributed by atoms with Gasteiger partial charge in [0, 0.05) is 30.4 Å². The summed E-state index contributed by atoms with van der Waals surface area (Å²) in [6.07, 6.45) is 3.37. The molecule has 1 amide bonds. The van der Waals surface area contributed by atoms with Crippen molar-refractivity contribution in [2.75, 3.05) is 18.4 Å². The van der Waals surface area contributed by atoms with Gasteiger partial charge in [-0.25, -0.2) is 9.97 Å². The van der Waals surface area contributed by atoms with Crippen molar-refractivity contribution in [3.05, 3.63) is 47.4 Å². The molecule has 0 aliphatic heterocycles. The zero-order valence-electron chi connectivity index (χ0n) is 16.5. The highest BCUT2D eigenvalue weighted by atomic mass is 19.4. The van der Waals surface area contributed by atoms with E-state index in [0.717, 1.165) is 11.1 Å². The van der Waals surface area contributed by atoms with Gasteiger partial charge in [0.1, 0.15) is 5.69 Å². The van der Waals surface area contributed by atoms with Crippen LogP contribution >= 0.6 is 0 Å². The number of fused-ring (bicyclic) bond motifs is 1. The number of hydrogen-bond donors (Lipinski definition) is 2. The Kier molecular flexibility index (Phi) is 5.96. The van der Waals surface area contributed by atoms with E-state index in [0.29, 0.717) is 23.4 Å². The lowest BCUT2D eigenvalue weighted by atomic mass is 10.0. The van der Waals surface area contributed by atoms with Gasteiger partial charge in [-0.1, -0.05) is 6.07 Å². The molecule has 0 bridgehead atoms. The second-order valence-corrected chi connectivity index (χ2v) is 6.64. The fourth-order valence-electron chi connectivity index (χ4n) is 3.05. The molecule has 0 radical (unpaired) electrons. The van der Waals surface area contributed by atoms with Crippen LogP contribution in [-0.2, 0) is 0 Å². The van der Waals surface area contributed by atoms with Crippen molar-refractivity contribution in [2.24, 2.45) is 0 Å². The van der Waals surface area contributed by atoms with Crippen LogP contribution in [0.2, 0.25) is 0 Å². The van der Waals surface area contributed by atoms with Gasteiger partial charge in [-0.05, 0) is 37.5 Å². The number of hydrogen-bond acceptors (Lipinski definition) is 4. The molecule has 6 nitrogen and oxygen atoms in total. The van der Waals surface area contributed by atoms with E-state index in [2.05, 4.69) is 26.5 Å². The normalized spacial score (nSPS) is 11.3. The molecule has 0 unspecified atom stereocenters. The van der Waals surface area contributed by atoms with Gasteiger partial charge >= 0.3 is 6.18 Å². The van der Waals surface area contributed by atoms with Crippen LogP contribution in [0.5, 0.6) is 0 Å². The van der Waals surface area contributed by atoms with Gasteiger partial charge < -0.3 is 10.6 Å². The first-order chi connectivity index (χ1) is 14.2. The lowest BCUT2D eigenvalue weighted by Gasteiger charge is -2.11. The van der Waals surface area contributed by atoms with E-state index in [4.69, 9.17) is 6.42 Å². The lowest BCUT2D eigenvalue weighted by Crippen LogP contribution is -2.23. The highest BCUT2D eigenvalue weighted by molar-refractivity contribution is 5.96. The molecule has 3 rings (SSSR count). The Morgan fingerprint density at radius 3 is 2.73 bits per heavy atom. The van der Waals surface area contributed by atoms with Crippen molar-refractivity contribution >= 4 is 17.4 Å². The Balaban J connectivity index is 2.00. The molecular weight excluding hydrogens is 395 g/mol. The maximum Gasteiger partial charge on any atom is 0.390 e. The van der Waals surface area contributed by atoms with Gasteiger partial charge in [-0.15, -0.1) is 6.42 Å². The standard InChI is InChI=1S/C21H20F3N5O/c1-4-15-12-29-17(14-6-7-16(13(3)10-14)20(30)25-5-2)11-27-19(29)18(28-15)26-9-8-21(22,23)24/h1,6-7,10-12H,5,8-9H2,2-3H3,(H,25,30)(H,26,28). The summed E-state index contributed by atoms with van der Waals surface area (Å²) in [6, 6.07) is 5.36. The largest absolute Gasteiger partial charge is 0.390 e. The third-order valence-corrected chi connectivity index (χ3v) is 4.45. The average Bonchev–Trinajstić information content (AvgIpc) is 3.11. The monoisotopic (exact) mass is 415 g/mol. The van der Waals surface area contributed by atoms with Crippen molar-refractivity contribution in [1.82, 2.24) is 19.7 Å². The smallest absolute Gasteiger partial charge is 0.367 e. The number of carbonyl (C=O) groups excluding carboxylic acids is 1. The van der Waals surface area contributed by atoms with E-state index in [1.54, 1.807) is 28.9 Å². The molecule has 1 aromatic carbocycles. The second kappa shape index (κ2) is 8.45. The van der Waals surface area contributed by atoms with Crippen LogP contribution in [0.3, 0.4) is 0 Å². The van der Waals surface area contributed by atoms with Crippen molar-refractivity contribution in [1.29, 1.82) is 0 Å². The summed E-state index contributed by atoms with van der Waals surface area (Å²) in [7, 11) is 0. The number of nitrogens with zero attached hydrogens (tertiary/aromatic N) is 3. The summed E-state index contributed by atoms with van der Waals surface area (Å²) in [6.45, 7) is 3.86. The zero-order chi connectivity index (χ0) is 21.9. The molecule has 2 heterocycles. The number of alkyl halides is 3. The minimum absolute atomic E-state index is 0.158. The molecule has 30 heavy (non-hydrogen) atoms. The summed E-state index contributed by atoms with van der Waals surface area (Å²) >= 11 is 0. The van der Waals surface area contributed by atoms with Gasteiger partial charge in [0.15, 0.2) is 11.5 Å². The summed E-state index contributed by atoms with van der Waals surface area (Å²) in [5, 5.41) is 5.43. The average molecular weight is 415 g/mol. The van der Waals surface area contributed by atoms with E-state index in [9.17, 15) is 18.0 Å². The van der Waals surface area contributed by atoms with Gasteiger partial charge in [0.2, 0.25) is 0 Å². The van der Waals surface area contributed by atoms with Crippen molar-refractivity contribution in [3.8, 4) is 23.6 Å². The Morgan fingerprint density at radius 1 is 1.33 bits per heavy atom. The van der Waals surface area contributed by atoms with Crippen molar-refractivity contribution in [2.45, 2.75) is 26.4 Å². The Labute approximate surface area is 171 Å². The number of carbonyl (C=O) groups is 1. The third-order valence-electron chi connectivity index (χ3n) is 4.45. The van der Waals surface area contributed by atoms with Crippen LogP contribution in [0.15, 0.2) is 30.6 Å². The van der Waals surface area contributed by atoms with Crippen LogP contribution in [0, 0.1) is 19.3 Å². The minimum atomic E-state index is -4.28. The van der Waals surface area contributed by atoms with E-state index >= 15 is 0 Å². The van der Waals surface area contributed by atoms with Gasteiger partial charge in [-0.2, -0.15) is 13.2 Å². The first-order valence-corrected chi connectivity index (χ1v) is 9.28. The van der Waals surface area contributed by atoms with Crippen LogP contribution in [0.25, 0.3) is 16.9 Å². The first kappa shape index (κ1) is 21.2. The predicted octanol–water partition coefficient (Wildman–Crippen LogP) is 3.80. The first-order valence-electron chi connectivity index (χ1n) is 9.28. The molecule has 2 N–H and O–H groups in total. The molecule has 0 saturated heterocycles. The van der Waals surface area contributed by atoms with Gasteiger partial charge in [0.05, 0.1) is 18.3 Å². The molecule has 0 aliphatic carbocycles. The molecule has 2 aromatic heterocycles. The number of imidazole rings is 1. The fourth-order valence-corrected chi connectivity index (χ4v) is 3.05. The number of benzene rings is 1. The topological polar surface area (TPSA) is 71.3 Å². The van der Waals surface area contributed by atoms with E-state index in [1.165, 1.54) is 0 Å². The molecule has 9 heteroatoms. The quantitative estimate of drug-likeness (QED) is 0.601. The third kappa shape index (κ3) is 4.54. The molecule has 0 atom stereocenters. The highest BCUT2D eigenvalue weighted by Crippen LogP contribution is 2.27. The van der Waals surface area contributed by atoms with Gasteiger partial charge in [0.25, 0.3) is 5.91 Å². The van der Waals surface area contributed by atoms with Crippen LogP contribution in [0.1, 0.15) is 35.0 Å². The number of nitrogens with one attached hydrogen (secondary N) is 2. The Bertz CT molecular complexity index is 1130. The number of anilines is 1. The molecule has 3 aromatic rings. The van der Waals surface area contributed by atoms with Crippen molar-refractivity contribution < 1.29 is 18.0 Å². The maximum atomic E-state index is 12.5. The van der Waals surface area contributed by atoms with E-state index in [-0.39, 0.29) is 24.0 Å². The number of aryl methyl sites for hydroxylation is 1. The summed E-state index contributed by atoms with van der Waals surface area (Å²) in [4.78, 5) is 20.6. The lowest BCUT2D eigenvalue weighted by molar-refractivity contribution is -0.131. The van der Waals surface area contributed by atoms with Crippen LogP contribution in [-0.4, -0.2) is 39.5 Å². The zero-order valence-corrected chi connectivity index (χ0v) is 16.5. The predicted molar refractivity (Wildman–Crippen MR) is 108 cm³/mol. The van der Waals surface area contributed by atoms with Gasteiger partial charge in [-0.3, -0.25) is 9.20 Å². The summed E-state index contributed by atoms with van der Waals surface area (Å²) < 4.78 is 39.1. The van der Waals surface area contributed by atoms with E-state index < -0.39 is 12.6 Å². The summed E-state index contributed by atoms with van der Waals surface area (Å²) in [5.74, 6) is 2.43. The van der Waals surface area contributed by atoms with E-state index in [1.807, 2.05) is 19.9 Å². The number of halogens is 3. The second-order valence-electron chi connectivity index (χ2n) is 6.64. The Morgan fingerprint density at radius 2 is 2.10 bits per heavy atom. The summed E-state index contributed by atoms with van der Waals surface area (Å²) in [5.41, 5.74) is 3.42. The molecule has 0 aliphatic rings. The number of aromatic nitrogens is 3. The van der Waals surface area contributed by atoms with Crippen LogP contribution in [0.4, 0.5) is 19.0 Å². The van der Waals surface area contributed by atoms with Crippen LogP contribution < -0.4 is 10.6 Å². The minimum Gasteiger partial charge on any atom is -0.367 e.